The first-order chi connectivity index (χ1) is 18.8. The van der Waals surface area contributed by atoms with Crippen molar-refractivity contribution in [2.75, 3.05) is 6.61 Å². The van der Waals surface area contributed by atoms with Crippen molar-refractivity contribution < 1.29 is 27.6 Å². The van der Waals surface area contributed by atoms with Crippen LogP contribution in [0.3, 0.4) is 0 Å². The third kappa shape index (κ3) is 10.0. The Morgan fingerprint density at radius 2 is 1.54 bits per heavy atom. The van der Waals surface area contributed by atoms with Gasteiger partial charge in [-0.25, -0.2) is 0 Å². The second-order valence-corrected chi connectivity index (χ2v) is 11.8. The van der Waals surface area contributed by atoms with E-state index in [1.54, 1.807) is 42.5 Å². The van der Waals surface area contributed by atoms with Crippen molar-refractivity contribution in [3.8, 4) is 39.5 Å². The molecule has 39 heavy (non-hydrogen) atoms. The number of rotatable bonds is 15. The van der Waals surface area contributed by atoms with Gasteiger partial charge in [-0.15, -0.1) is 17.3 Å². The molecule has 0 fully saturated rings. The number of unbranched alkanes of at least 4 members (excludes halogenated alkanes) is 8. The van der Waals surface area contributed by atoms with Gasteiger partial charge in [0.1, 0.15) is 28.2 Å². The van der Waals surface area contributed by atoms with Crippen LogP contribution in [-0.4, -0.2) is 24.7 Å². The number of hydrogen-bond donors (Lipinski definition) is 2. The molecule has 1 atom stereocenters. The zero-order valence-electron chi connectivity index (χ0n) is 22.7. The van der Waals surface area contributed by atoms with Crippen molar-refractivity contribution in [3.63, 3.8) is 0 Å². The molecule has 1 unspecified atom stereocenters. The van der Waals surface area contributed by atoms with Crippen molar-refractivity contribution in [3.05, 3.63) is 59.5 Å². The second-order valence-electron chi connectivity index (χ2n) is 9.29. The Balaban J connectivity index is 1.62. The molecule has 1 heterocycles. The molecule has 0 saturated heterocycles. The zero-order valence-corrected chi connectivity index (χ0v) is 24.3. The fourth-order valence-corrected chi connectivity index (χ4v) is 5.67. The maximum absolute atomic E-state index is 12.2. The van der Waals surface area contributed by atoms with E-state index in [1.165, 1.54) is 62.0 Å². The van der Waals surface area contributed by atoms with Crippen LogP contribution in [-0.2, 0) is 10.1 Å². The van der Waals surface area contributed by atoms with Gasteiger partial charge in [0, 0.05) is 16.2 Å². The average molecular weight is 571 g/mol. The van der Waals surface area contributed by atoms with Gasteiger partial charge in [0.25, 0.3) is 10.1 Å². The maximum atomic E-state index is 12.2. The summed E-state index contributed by atoms with van der Waals surface area (Å²) >= 11 is 1.33. The molecule has 2 aromatic carbocycles. The molecule has 0 amide bonds. The van der Waals surface area contributed by atoms with E-state index in [1.807, 2.05) is 6.92 Å². The number of ether oxygens (including phenoxy) is 2. The summed E-state index contributed by atoms with van der Waals surface area (Å²) in [5.41, 5.74) is 0.581. The summed E-state index contributed by atoms with van der Waals surface area (Å²) in [4.78, 5) is 1.08. The van der Waals surface area contributed by atoms with Crippen molar-refractivity contribution in [1.82, 2.24) is 0 Å². The Bertz CT molecular complexity index is 1330. The zero-order chi connectivity index (χ0) is 28.1. The van der Waals surface area contributed by atoms with E-state index in [9.17, 15) is 18.1 Å². The summed E-state index contributed by atoms with van der Waals surface area (Å²) in [6.07, 6.45) is 9.79. The number of aliphatic hydroxyl groups excluding tert-OH is 1. The first kappa shape index (κ1) is 30.7. The SMILES string of the molecule is CCCCCCCCCCC#CC(O)c1ccc(-c2ccc(Oc3ccc(OCC)cc3)c(S(=O)(=O)O)c2)s1. The van der Waals surface area contributed by atoms with Gasteiger partial charge in [-0.05, 0) is 73.5 Å². The van der Waals surface area contributed by atoms with Crippen LogP contribution in [0.25, 0.3) is 10.4 Å². The first-order valence-electron chi connectivity index (χ1n) is 13.6. The van der Waals surface area contributed by atoms with Crippen LogP contribution in [0.4, 0.5) is 0 Å². The van der Waals surface area contributed by atoms with E-state index >= 15 is 0 Å². The fourth-order valence-electron chi connectivity index (χ4n) is 4.09. The molecule has 3 rings (SSSR count). The minimum absolute atomic E-state index is 0.00838. The Labute approximate surface area is 236 Å². The van der Waals surface area contributed by atoms with Crippen LogP contribution < -0.4 is 9.47 Å². The van der Waals surface area contributed by atoms with Crippen LogP contribution in [0.5, 0.6) is 17.2 Å². The Hall–Kier alpha value is -2.83. The third-order valence-corrected chi connectivity index (χ3v) is 8.22. The van der Waals surface area contributed by atoms with Crippen molar-refractivity contribution in [2.45, 2.75) is 82.6 Å². The molecule has 0 saturated carbocycles. The van der Waals surface area contributed by atoms with Crippen molar-refractivity contribution >= 4 is 21.5 Å². The molecule has 8 heteroatoms. The summed E-state index contributed by atoms with van der Waals surface area (Å²) < 4.78 is 45.3. The van der Waals surface area contributed by atoms with Gasteiger partial charge in [0.15, 0.2) is 0 Å². The second kappa shape index (κ2) is 15.7. The molecule has 0 spiro atoms. The summed E-state index contributed by atoms with van der Waals surface area (Å²) in [5, 5.41) is 10.5. The monoisotopic (exact) mass is 570 g/mol. The summed E-state index contributed by atoms with van der Waals surface area (Å²) in [6, 6.07) is 14.9. The molecule has 210 valence electrons. The lowest BCUT2D eigenvalue weighted by Gasteiger charge is -2.11. The normalized spacial score (nSPS) is 12.0. The van der Waals surface area contributed by atoms with Gasteiger partial charge in [-0.1, -0.05) is 57.8 Å². The predicted octanol–water partition coefficient (Wildman–Crippen LogP) is 8.42. The molecule has 0 aliphatic carbocycles. The molecular weight excluding hydrogens is 532 g/mol. The average Bonchev–Trinajstić information content (AvgIpc) is 3.41. The molecule has 0 bridgehead atoms. The van der Waals surface area contributed by atoms with Gasteiger partial charge < -0.3 is 14.6 Å². The highest BCUT2D eigenvalue weighted by atomic mass is 32.2. The highest BCUT2D eigenvalue weighted by molar-refractivity contribution is 7.86. The molecule has 3 aromatic rings. The van der Waals surface area contributed by atoms with E-state index in [0.717, 1.165) is 24.1 Å². The molecule has 0 radical (unpaired) electrons. The minimum Gasteiger partial charge on any atom is -0.494 e. The largest absolute Gasteiger partial charge is 0.494 e. The molecular formula is C31H38O6S2. The Morgan fingerprint density at radius 1 is 0.872 bits per heavy atom. The van der Waals surface area contributed by atoms with Gasteiger partial charge in [0.2, 0.25) is 0 Å². The van der Waals surface area contributed by atoms with E-state index in [-0.39, 0.29) is 10.6 Å². The summed E-state index contributed by atoms with van der Waals surface area (Å²) in [5.74, 6) is 7.09. The smallest absolute Gasteiger partial charge is 0.298 e. The van der Waals surface area contributed by atoms with Crippen LogP contribution in [0.1, 0.15) is 82.6 Å². The van der Waals surface area contributed by atoms with Gasteiger partial charge in [-0.3, -0.25) is 4.55 Å². The van der Waals surface area contributed by atoms with E-state index in [2.05, 4.69) is 18.8 Å². The number of hydrogen-bond acceptors (Lipinski definition) is 6. The molecule has 6 nitrogen and oxygen atoms in total. The molecule has 2 N–H and O–H groups in total. The quantitative estimate of drug-likeness (QED) is 0.108. The van der Waals surface area contributed by atoms with Gasteiger partial charge in [-0.2, -0.15) is 8.42 Å². The van der Waals surface area contributed by atoms with Crippen molar-refractivity contribution in [1.29, 1.82) is 0 Å². The summed E-state index contributed by atoms with van der Waals surface area (Å²) in [6.45, 7) is 4.64. The van der Waals surface area contributed by atoms with E-state index in [0.29, 0.717) is 28.5 Å². The molecule has 0 aliphatic heterocycles. The number of thiophene rings is 1. The topological polar surface area (TPSA) is 93.1 Å². The van der Waals surface area contributed by atoms with Crippen molar-refractivity contribution in [2.24, 2.45) is 0 Å². The molecule has 1 aromatic heterocycles. The highest BCUT2D eigenvalue weighted by Gasteiger charge is 2.20. The van der Waals surface area contributed by atoms with Crippen LogP contribution in [0, 0.1) is 11.8 Å². The van der Waals surface area contributed by atoms with E-state index < -0.39 is 16.2 Å². The number of benzene rings is 2. The summed E-state index contributed by atoms with van der Waals surface area (Å²) in [7, 11) is -4.56. The van der Waals surface area contributed by atoms with Crippen LogP contribution in [0.2, 0.25) is 0 Å². The van der Waals surface area contributed by atoms with E-state index in [4.69, 9.17) is 9.47 Å². The first-order valence-corrected chi connectivity index (χ1v) is 15.9. The Kier molecular flexibility index (Phi) is 12.3. The van der Waals surface area contributed by atoms with Crippen LogP contribution >= 0.6 is 11.3 Å². The minimum atomic E-state index is -4.56. The molecule has 0 aliphatic rings. The Morgan fingerprint density at radius 3 is 2.21 bits per heavy atom. The predicted molar refractivity (Wildman–Crippen MR) is 157 cm³/mol. The fraction of sp³-hybridized carbons (Fsp3) is 0.419. The highest BCUT2D eigenvalue weighted by Crippen LogP contribution is 2.37. The third-order valence-electron chi connectivity index (χ3n) is 6.16. The van der Waals surface area contributed by atoms with Gasteiger partial charge >= 0.3 is 0 Å². The van der Waals surface area contributed by atoms with Gasteiger partial charge in [0.05, 0.1) is 6.61 Å². The standard InChI is InChI=1S/C31H38O6S2/c1-3-5-6-7-8-9-10-11-12-13-14-27(32)30-22-21-29(38-30)24-15-20-28(31(23-24)39(33,34)35)37-26-18-16-25(17-19-26)36-4-2/h15-23,27,32H,3-12H2,1-2H3,(H,33,34,35). The lowest BCUT2D eigenvalue weighted by atomic mass is 10.1. The number of aliphatic hydroxyl groups is 1. The lowest BCUT2D eigenvalue weighted by Crippen LogP contribution is -2.01. The lowest BCUT2D eigenvalue weighted by molar-refractivity contribution is 0.242. The maximum Gasteiger partial charge on any atom is 0.298 e. The van der Waals surface area contributed by atoms with Crippen LogP contribution in [0.15, 0.2) is 59.5 Å².